The lowest BCUT2D eigenvalue weighted by molar-refractivity contribution is -0.132. The summed E-state index contributed by atoms with van der Waals surface area (Å²) in [6.45, 7) is 2.70. The average Bonchev–Trinajstić information content (AvgIpc) is 2.51. The van der Waals surface area contributed by atoms with Crippen molar-refractivity contribution in [2.75, 3.05) is 26.2 Å². The van der Waals surface area contributed by atoms with Crippen LogP contribution in [0.25, 0.3) is 0 Å². The lowest BCUT2D eigenvalue weighted by Gasteiger charge is -2.12. The number of halogens is 3. The Kier molecular flexibility index (Phi) is 7.93. The van der Waals surface area contributed by atoms with Gasteiger partial charge < -0.3 is 16.0 Å². The number of alkyl halides is 3. The summed E-state index contributed by atoms with van der Waals surface area (Å²) in [7, 11) is 0. The number of amides is 1. The van der Waals surface area contributed by atoms with Crippen LogP contribution < -0.4 is 16.0 Å². The molecule has 0 atom stereocenters. The first kappa shape index (κ1) is 18.8. The van der Waals surface area contributed by atoms with Crippen molar-refractivity contribution in [1.82, 2.24) is 16.0 Å². The number of nitrogens with zero attached hydrogens (tertiary/aromatic N) is 1. The maximum atomic E-state index is 12.1. The van der Waals surface area contributed by atoms with Gasteiger partial charge in [-0.05, 0) is 19.1 Å². The maximum Gasteiger partial charge on any atom is 0.390 e. The monoisotopic (exact) mass is 330 g/mol. The highest BCUT2D eigenvalue weighted by Crippen LogP contribution is 2.18. The third-order valence-corrected chi connectivity index (χ3v) is 2.75. The van der Waals surface area contributed by atoms with Crippen LogP contribution in [0.15, 0.2) is 35.3 Å². The van der Waals surface area contributed by atoms with E-state index in [4.69, 9.17) is 0 Å². The lowest BCUT2D eigenvalue weighted by atomic mass is 10.2. The summed E-state index contributed by atoms with van der Waals surface area (Å²) in [4.78, 5) is 15.6. The minimum Gasteiger partial charge on any atom is -0.357 e. The molecule has 23 heavy (non-hydrogen) atoms. The first-order chi connectivity index (χ1) is 10.9. The minimum absolute atomic E-state index is 0.202. The number of rotatable bonds is 7. The van der Waals surface area contributed by atoms with Gasteiger partial charge >= 0.3 is 6.18 Å². The number of hydrogen-bond donors (Lipinski definition) is 3. The van der Waals surface area contributed by atoms with Crippen molar-refractivity contribution < 1.29 is 18.0 Å². The highest BCUT2D eigenvalue weighted by atomic mass is 19.4. The quantitative estimate of drug-likeness (QED) is 0.407. The van der Waals surface area contributed by atoms with Gasteiger partial charge in [-0.3, -0.25) is 9.79 Å². The molecule has 0 saturated heterocycles. The van der Waals surface area contributed by atoms with E-state index in [1.165, 1.54) is 0 Å². The van der Waals surface area contributed by atoms with Crippen LogP contribution in [0.1, 0.15) is 23.7 Å². The van der Waals surface area contributed by atoms with Crippen LogP contribution in [0.5, 0.6) is 0 Å². The standard InChI is InChI=1S/C15H21F3N4O/c1-2-19-14(21-9-8-15(16,17)18)22-11-10-20-13(23)12-6-4-3-5-7-12/h3-7H,2,8-11H2,1H3,(H,20,23)(H2,19,21,22). The highest BCUT2D eigenvalue weighted by Gasteiger charge is 2.26. The van der Waals surface area contributed by atoms with Crippen LogP contribution in [0.4, 0.5) is 13.2 Å². The van der Waals surface area contributed by atoms with Gasteiger partial charge in [-0.15, -0.1) is 0 Å². The minimum atomic E-state index is -4.22. The van der Waals surface area contributed by atoms with Gasteiger partial charge in [0.15, 0.2) is 5.96 Å². The zero-order chi connectivity index (χ0) is 17.1. The lowest BCUT2D eigenvalue weighted by Crippen LogP contribution is -2.41. The molecule has 1 rings (SSSR count). The molecule has 0 unspecified atom stereocenters. The molecule has 5 nitrogen and oxygen atoms in total. The third kappa shape index (κ3) is 8.70. The van der Waals surface area contributed by atoms with E-state index in [1.54, 1.807) is 24.3 Å². The van der Waals surface area contributed by atoms with Crippen LogP contribution in [0, 0.1) is 0 Å². The first-order valence-corrected chi connectivity index (χ1v) is 7.34. The second kappa shape index (κ2) is 9.70. The molecule has 0 aliphatic rings. The molecule has 0 aliphatic heterocycles. The molecule has 0 aliphatic carbocycles. The predicted octanol–water partition coefficient (Wildman–Crippen LogP) is 1.92. The van der Waals surface area contributed by atoms with Crippen LogP contribution in [0.2, 0.25) is 0 Å². The zero-order valence-corrected chi connectivity index (χ0v) is 12.9. The summed E-state index contributed by atoms with van der Waals surface area (Å²) < 4.78 is 36.3. The predicted molar refractivity (Wildman–Crippen MR) is 83.4 cm³/mol. The van der Waals surface area contributed by atoms with Crippen LogP contribution >= 0.6 is 0 Å². The Bertz CT molecular complexity index is 503. The summed E-state index contributed by atoms with van der Waals surface area (Å²) in [6, 6.07) is 8.75. The molecular weight excluding hydrogens is 309 g/mol. The Morgan fingerprint density at radius 2 is 1.74 bits per heavy atom. The molecule has 3 N–H and O–H groups in total. The number of hydrogen-bond acceptors (Lipinski definition) is 2. The van der Waals surface area contributed by atoms with Crippen LogP contribution in [-0.4, -0.2) is 44.2 Å². The molecule has 1 amide bonds. The van der Waals surface area contributed by atoms with Gasteiger partial charge in [0.1, 0.15) is 0 Å². The van der Waals surface area contributed by atoms with E-state index in [0.717, 1.165) is 0 Å². The fraction of sp³-hybridized carbons (Fsp3) is 0.467. The Labute approximate surface area is 133 Å². The molecule has 0 spiro atoms. The Hall–Kier alpha value is -2.25. The molecule has 0 heterocycles. The van der Waals surface area contributed by atoms with Crippen molar-refractivity contribution >= 4 is 11.9 Å². The summed E-state index contributed by atoms with van der Waals surface area (Å²) in [6.07, 6.45) is -5.18. The van der Waals surface area contributed by atoms with Crippen molar-refractivity contribution in [1.29, 1.82) is 0 Å². The number of aliphatic imine (C=N–C) groups is 1. The second-order valence-corrected chi connectivity index (χ2v) is 4.67. The van der Waals surface area contributed by atoms with E-state index >= 15 is 0 Å². The normalized spacial score (nSPS) is 11.9. The summed E-state index contributed by atoms with van der Waals surface area (Å²) in [5.74, 6) is 0.0946. The molecule has 1 aromatic carbocycles. The first-order valence-electron chi connectivity index (χ1n) is 7.34. The molecule has 8 heteroatoms. The summed E-state index contributed by atoms with van der Waals surface area (Å²) >= 11 is 0. The number of carbonyl (C=O) groups is 1. The number of nitrogens with one attached hydrogen (secondary N) is 3. The molecule has 128 valence electrons. The van der Waals surface area contributed by atoms with Gasteiger partial charge in [-0.2, -0.15) is 13.2 Å². The average molecular weight is 330 g/mol. The summed E-state index contributed by atoms with van der Waals surface area (Å²) in [5.41, 5.74) is 0.554. The van der Waals surface area contributed by atoms with Crippen molar-refractivity contribution in [2.24, 2.45) is 4.99 Å². The zero-order valence-electron chi connectivity index (χ0n) is 12.9. The smallest absolute Gasteiger partial charge is 0.357 e. The number of carbonyl (C=O) groups excluding carboxylic acids is 1. The molecule has 0 radical (unpaired) electrons. The van der Waals surface area contributed by atoms with Gasteiger partial charge in [0.2, 0.25) is 0 Å². The Morgan fingerprint density at radius 3 is 2.35 bits per heavy atom. The van der Waals surface area contributed by atoms with Gasteiger partial charge in [0.25, 0.3) is 5.91 Å². The molecular formula is C15H21F3N4O. The fourth-order valence-electron chi connectivity index (χ4n) is 1.68. The molecule has 1 aromatic rings. The van der Waals surface area contributed by atoms with Gasteiger partial charge in [-0.25, -0.2) is 0 Å². The fourth-order valence-corrected chi connectivity index (χ4v) is 1.68. The van der Waals surface area contributed by atoms with E-state index in [9.17, 15) is 18.0 Å². The maximum absolute atomic E-state index is 12.1. The van der Waals surface area contributed by atoms with E-state index < -0.39 is 12.6 Å². The molecule has 0 saturated carbocycles. The molecule has 0 fully saturated rings. The van der Waals surface area contributed by atoms with Gasteiger partial charge in [0.05, 0.1) is 13.0 Å². The number of benzene rings is 1. The van der Waals surface area contributed by atoms with E-state index in [2.05, 4.69) is 20.9 Å². The Balaban J connectivity index is 2.32. The van der Waals surface area contributed by atoms with Crippen molar-refractivity contribution in [3.05, 3.63) is 35.9 Å². The third-order valence-electron chi connectivity index (χ3n) is 2.75. The van der Waals surface area contributed by atoms with Gasteiger partial charge in [-0.1, -0.05) is 18.2 Å². The van der Waals surface area contributed by atoms with Crippen LogP contribution in [0.3, 0.4) is 0 Å². The number of guanidine groups is 1. The SMILES string of the molecule is CCNC(=NCCC(F)(F)F)NCCNC(=O)c1ccccc1. The van der Waals surface area contributed by atoms with Crippen molar-refractivity contribution in [2.45, 2.75) is 19.5 Å². The van der Waals surface area contributed by atoms with Crippen LogP contribution in [-0.2, 0) is 0 Å². The Morgan fingerprint density at radius 1 is 1.09 bits per heavy atom. The van der Waals surface area contributed by atoms with E-state index in [-0.39, 0.29) is 12.5 Å². The van der Waals surface area contributed by atoms with E-state index in [1.807, 2.05) is 13.0 Å². The van der Waals surface area contributed by atoms with Crippen molar-refractivity contribution in [3.8, 4) is 0 Å². The second-order valence-electron chi connectivity index (χ2n) is 4.67. The van der Waals surface area contributed by atoms with Gasteiger partial charge in [0, 0.05) is 25.2 Å². The highest BCUT2D eigenvalue weighted by molar-refractivity contribution is 5.94. The largest absolute Gasteiger partial charge is 0.390 e. The topological polar surface area (TPSA) is 65.5 Å². The molecule has 0 bridgehead atoms. The van der Waals surface area contributed by atoms with E-state index in [0.29, 0.717) is 31.2 Å². The summed E-state index contributed by atoms with van der Waals surface area (Å²) in [5, 5.41) is 8.43. The van der Waals surface area contributed by atoms with Crippen molar-refractivity contribution in [3.63, 3.8) is 0 Å². The molecule has 0 aromatic heterocycles.